The van der Waals surface area contributed by atoms with E-state index in [0.717, 1.165) is 5.56 Å². The van der Waals surface area contributed by atoms with Crippen LogP contribution < -0.4 is 9.47 Å². The van der Waals surface area contributed by atoms with Crippen molar-refractivity contribution in [3.8, 4) is 11.5 Å². The lowest BCUT2D eigenvalue weighted by molar-refractivity contribution is -0.139. The van der Waals surface area contributed by atoms with Gasteiger partial charge in [-0.05, 0) is 41.8 Å². The van der Waals surface area contributed by atoms with E-state index in [9.17, 15) is 19.1 Å². The van der Waals surface area contributed by atoms with E-state index in [-0.39, 0.29) is 17.9 Å². The van der Waals surface area contributed by atoms with Gasteiger partial charge in [0.25, 0.3) is 11.7 Å². The van der Waals surface area contributed by atoms with Crippen LogP contribution >= 0.6 is 0 Å². The number of hydrogen-bond acceptors (Lipinski definition) is 5. The predicted octanol–water partition coefficient (Wildman–Crippen LogP) is 4.51. The third-order valence-corrected chi connectivity index (χ3v) is 5.86. The molecule has 0 bridgehead atoms. The summed E-state index contributed by atoms with van der Waals surface area (Å²) in [5, 5.41) is 11.0. The molecule has 0 radical (unpaired) electrons. The van der Waals surface area contributed by atoms with Crippen molar-refractivity contribution in [3.05, 3.63) is 101 Å². The summed E-state index contributed by atoms with van der Waals surface area (Å²) < 4.78 is 24.2. The maximum Gasteiger partial charge on any atom is 0.295 e. The highest BCUT2D eigenvalue weighted by molar-refractivity contribution is 6.46. The molecule has 0 spiro atoms. The maximum absolute atomic E-state index is 13.6. The molecule has 34 heavy (non-hydrogen) atoms. The predicted molar refractivity (Wildman–Crippen MR) is 125 cm³/mol. The Kier molecular flexibility index (Phi) is 6.63. The van der Waals surface area contributed by atoms with Crippen molar-refractivity contribution in [1.82, 2.24) is 4.90 Å². The van der Waals surface area contributed by atoms with E-state index >= 15 is 0 Å². The van der Waals surface area contributed by atoms with Crippen LogP contribution in [0.15, 0.2) is 78.4 Å². The molecule has 7 heteroatoms. The third kappa shape index (κ3) is 4.37. The first kappa shape index (κ1) is 23.0. The number of likely N-dealkylation sites (tertiary alicyclic amines) is 1. The van der Waals surface area contributed by atoms with Gasteiger partial charge < -0.3 is 19.5 Å². The topological polar surface area (TPSA) is 76.1 Å². The first-order valence-electron chi connectivity index (χ1n) is 10.7. The number of carbonyl (C=O) groups is 2. The van der Waals surface area contributed by atoms with Crippen LogP contribution in [0, 0.1) is 5.82 Å². The summed E-state index contributed by atoms with van der Waals surface area (Å²) in [5.41, 5.74) is 1.81. The normalized spacial score (nSPS) is 17.1. The van der Waals surface area contributed by atoms with E-state index < -0.39 is 23.5 Å². The summed E-state index contributed by atoms with van der Waals surface area (Å²) in [4.78, 5) is 27.5. The fourth-order valence-corrected chi connectivity index (χ4v) is 4.14. The van der Waals surface area contributed by atoms with Crippen molar-refractivity contribution in [2.24, 2.45) is 0 Å². The van der Waals surface area contributed by atoms with E-state index in [1.165, 1.54) is 36.3 Å². The second-order valence-corrected chi connectivity index (χ2v) is 7.85. The molecule has 3 aromatic carbocycles. The highest BCUT2D eigenvalue weighted by Gasteiger charge is 2.45. The fourth-order valence-electron chi connectivity index (χ4n) is 4.14. The second-order valence-electron chi connectivity index (χ2n) is 7.85. The van der Waals surface area contributed by atoms with Crippen LogP contribution in [0.4, 0.5) is 4.39 Å². The van der Waals surface area contributed by atoms with Gasteiger partial charge in [-0.3, -0.25) is 9.59 Å². The van der Waals surface area contributed by atoms with Crippen LogP contribution in [0.3, 0.4) is 0 Å². The Morgan fingerprint density at radius 1 is 0.941 bits per heavy atom. The molecule has 0 aromatic heterocycles. The summed E-state index contributed by atoms with van der Waals surface area (Å²) >= 11 is 0. The number of methoxy groups -OCH3 is 2. The summed E-state index contributed by atoms with van der Waals surface area (Å²) in [6.07, 6.45) is 0.427. The zero-order chi connectivity index (χ0) is 24.2. The Balaban J connectivity index is 1.73. The number of nitrogens with zero attached hydrogens (tertiary/aromatic N) is 1. The average Bonchev–Trinajstić information content (AvgIpc) is 3.12. The van der Waals surface area contributed by atoms with Gasteiger partial charge >= 0.3 is 0 Å². The first-order valence-corrected chi connectivity index (χ1v) is 10.7. The lowest BCUT2D eigenvalue weighted by Gasteiger charge is -2.25. The molecule has 1 aliphatic rings. The van der Waals surface area contributed by atoms with Gasteiger partial charge in [0.1, 0.15) is 11.6 Å². The van der Waals surface area contributed by atoms with E-state index in [1.807, 2.05) is 12.1 Å². The summed E-state index contributed by atoms with van der Waals surface area (Å²) in [6.45, 7) is 0.202. The number of hydrogen-bond donors (Lipinski definition) is 1. The second kappa shape index (κ2) is 9.79. The zero-order valence-electron chi connectivity index (χ0n) is 18.8. The van der Waals surface area contributed by atoms with Gasteiger partial charge in [0.05, 0.1) is 25.8 Å². The lowest BCUT2D eigenvalue weighted by atomic mass is 9.95. The smallest absolute Gasteiger partial charge is 0.295 e. The van der Waals surface area contributed by atoms with Gasteiger partial charge in [0.15, 0.2) is 11.5 Å². The fraction of sp³-hybridized carbons (Fsp3) is 0.185. The SMILES string of the molecule is COc1ccc(CCN2C(=O)C(=O)C(=C(O)c3ccccc3)C2c2ccc(F)cc2)cc1OC. The molecule has 1 fully saturated rings. The summed E-state index contributed by atoms with van der Waals surface area (Å²) in [5.74, 6) is -1.05. The molecule has 0 saturated carbocycles. The highest BCUT2D eigenvalue weighted by Crippen LogP contribution is 2.39. The monoisotopic (exact) mass is 461 g/mol. The molecule has 1 heterocycles. The molecule has 1 amide bonds. The van der Waals surface area contributed by atoms with Gasteiger partial charge in [-0.15, -0.1) is 0 Å². The molecule has 6 nitrogen and oxygen atoms in total. The van der Waals surface area contributed by atoms with Crippen molar-refractivity contribution in [1.29, 1.82) is 0 Å². The number of ether oxygens (including phenoxy) is 2. The first-order chi connectivity index (χ1) is 16.4. The zero-order valence-corrected chi connectivity index (χ0v) is 18.8. The van der Waals surface area contributed by atoms with Crippen molar-refractivity contribution in [2.75, 3.05) is 20.8 Å². The number of benzene rings is 3. The molecular formula is C27H24FNO5. The van der Waals surface area contributed by atoms with Crippen molar-refractivity contribution < 1.29 is 28.6 Å². The Bertz CT molecular complexity index is 1240. The standard InChI is InChI=1S/C27H24FNO5/c1-33-21-13-8-17(16-22(21)34-2)14-15-29-24(18-9-11-20(28)12-10-18)23(26(31)27(29)32)25(30)19-6-4-3-5-7-19/h3-13,16,24,30H,14-15H2,1-2H3. The van der Waals surface area contributed by atoms with Crippen LogP contribution in [0.5, 0.6) is 11.5 Å². The van der Waals surface area contributed by atoms with Gasteiger partial charge in [-0.2, -0.15) is 0 Å². The number of ketones is 1. The lowest BCUT2D eigenvalue weighted by Crippen LogP contribution is -2.31. The summed E-state index contributed by atoms with van der Waals surface area (Å²) in [6, 6.07) is 18.7. The number of amides is 1. The van der Waals surface area contributed by atoms with E-state index in [1.54, 1.807) is 43.5 Å². The Labute approximate surface area is 196 Å². The molecule has 1 N–H and O–H groups in total. The quantitative estimate of drug-likeness (QED) is 0.318. The van der Waals surface area contributed by atoms with Gasteiger partial charge in [-0.25, -0.2) is 4.39 Å². The minimum atomic E-state index is -0.846. The number of aliphatic hydroxyl groups excluding tert-OH is 1. The van der Waals surface area contributed by atoms with Crippen LogP contribution in [0.2, 0.25) is 0 Å². The molecule has 1 aliphatic heterocycles. The number of rotatable bonds is 7. The number of aliphatic hydroxyl groups is 1. The molecule has 1 saturated heterocycles. The summed E-state index contributed by atoms with van der Waals surface area (Å²) in [7, 11) is 3.09. The Morgan fingerprint density at radius 2 is 1.62 bits per heavy atom. The number of halogens is 1. The largest absolute Gasteiger partial charge is 0.507 e. The van der Waals surface area contributed by atoms with E-state index in [4.69, 9.17) is 9.47 Å². The van der Waals surface area contributed by atoms with Crippen molar-refractivity contribution >= 4 is 17.4 Å². The molecule has 174 valence electrons. The minimum absolute atomic E-state index is 0.0184. The van der Waals surface area contributed by atoms with Crippen LogP contribution in [-0.2, 0) is 16.0 Å². The molecule has 3 aromatic rings. The van der Waals surface area contributed by atoms with Crippen LogP contribution in [0.25, 0.3) is 5.76 Å². The van der Waals surface area contributed by atoms with Crippen LogP contribution in [-0.4, -0.2) is 42.5 Å². The van der Waals surface area contributed by atoms with Gasteiger partial charge in [-0.1, -0.05) is 48.5 Å². The average molecular weight is 461 g/mol. The highest BCUT2D eigenvalue weighted by atomic mass is 19.1. The third-order valence-electron chi connectivity index (χ3n) is 5.86. The van der Waals surface area contributed by atoms with Crippen LogP contribution in [0.1, 0.15) is 22.7 Å². The van der Waals surface area contributed by atoms with Gasteiger partial charge in [0.2, 0.25) is 0 Å². The van der Waals surface area contributed by atoms with Crippen molar-refractivity contribution in [2.45, 2.75) is 12.5 Å². The molecule has 4 rings (SSSR count). The van der Waals surface area contributed by atoms with Crippen molar-refractivity contribution in [3.63, 3.8) is 0 Å². The molecule has 1 unspecified atom stereocenters. The Morgan fingerprint density at radius 3 is 2.26 bits per heavy atom. The van der Waals surface area contributed by atoms with E-state index in [0.29, 0.717) is 29.0 Å². The Hall–Kier alpha value is -4.13. The molecule has 1 atom stereocenters. The van der Waals surface area contributed by atoms with Gasteiger partial charge in [0, 0.05) is 12.1 Å². The maximum atomic E-state index is 13.6. The number of Topliss-reactive ketones (excluding diaryl/α,β-unsaturated/α-hetero) is 1. The van der Waals surface area contributed by atoms with E-state index in [2.05, 4.69) is 0 Å². The molecular weight excluding hydrogens is 437 g/mol. The minimum Gasteiger partial charge on any atom is -0.507 e. The molecule has 0 aliphatic carbocycles. The number of carbonyl (C=O) groups excluding carboxylic acids is 2.